The van der Waals surface area contributed by atoms with Gasteiger partial charge >= 0.3 is 12.0 Å². The van der Waals surface area contributed by atoms with Gasteiger partial charge in [-0.3, -0.25) is 19.5 Å². The molecule has 0 unspecified atom stereocenters. The van der Waals surface area contributed by atoms with E-state index in [-0.39, 0.29) is 56.2 Å². The number of carbonyl (C=O) groups excluding carboxylic acids is 3. The molecule has 4 amide bonds. The second-order valence-corrected chi connectivity index (χ2v) is 13.5. The number of aliphatic carboxylic acids is 1. The van der Waals surface area contributed by atoms with Crippen LogP contribution in [0.2, 0.25) is 4.34 Å². The zero-order chi connectivity index (χ0) is 36.1. The number of aliphatic imine (C=N–C) groups is 1. The number of carboxylic acids is 1. The first-order valence-electron chi connectivity index (χ1n) is 14.6. The van der Waals surface area contributed by atoms with Crippen LogP contribution in [-0.4, -0.2) is 81.3 Å². The number of urea groups is 1. The second-order valence-electron chi connectivity index (χ2n) is 10.7. The number of amides is 4. The molecule has 12 N–H and O–H groups in total. The molecule has 1 fully saturated rings. The zero-order valence-corrected chi connectivity index (χ0v) is 28.6. The third kappa shape index (κ3) is 7.98. The molecule has 2 aliphatic rings. The summed E-state index contributed by atoms with van der Waals surface area (Å²) in [6.07, 6.45) is 3.80. The second kappa shape index (κ2) is 15.3. The number of oxime groups is 1. The molecule has 2 atom stereocenters. The van der Waals surface area contributed by atoms with Crippen molar-refractivity contribution < 1.29 is 33.7 Å². The molecular weight excluding hydrogens is 712 g/mol. The Hall–Kier alpha value is -5.60. The topological polar surface area (TPSA) is 283 Å². The van der Waals surface area contributed by atoms with Crippen LogP contribution in [0, 0.1) is 0 Å². The molecule has 0 radical (unpaired) electrons. The Bertz CT molecular complexity index is 1930. The van der Waals surface area contributed by atoms with Crippen LogP contribution >= 0.6 is 34.7 Å². The van der Waals surface area contributed by atoms with Crippen molar-refractivity contribution in [1.82, 2.24) is 15.2 Å². The minimum atomic E-state index is -1.31. The number of carbonyl (C=O) groups is 4. The van der Waals surface area contributed by atoms with Crippen molar-refractivity contribution in [3.8, 4) is 0 Å². The zero-order valence-electron chi connectivity index (χ0n) is 26.3. The molecule has 18 nitrogen and oxygen atoms in total. The predicted octanol–water partition coefficient (Wildman–Crippen LogP) is 0.498. The molecule has 2 aromatic heterocycles. The first-order chi connectivity index (χ1) is 23.9. The number of thioether (sulfide) groups is 1. The lowest BCUT2D eigenvalue weighted by Crippen LogP contribution is -2.71. The fraction of sp³-hybridized carbons (Fsp3) is 0.241. The molecule has 50 heavy (non-hydrogen) atoms. The molecule has 5 rings (SSSR count). The Morgan fingerprint density at radius 2 is 1.92 bits per heavy atom. The number of nitrogens with zero attached hydrogens (tertiary/aromatic N) is 5. The molecule has 1 saturated heterocycles. The van der Waals surface area contributed by atoms with E-state index in [4.69, 9.17) is 39.4 Å². The van der Waals surface area contributed by atoms with Gasteiger partial charge in [0, 0.05) is 29.6 Å². The third-order valence-corrected chi connectivity index (χ3v) is 9.76. The first kappa shape index (κ1) is 35.7. The molecule has 4 heterocycles. The number of carboxylic acid groups (broad SMARTS) is 1. The lowest BCUT2D eigenvalue weighted by atomic mass is 10.0. The van der Waals surface area contributed by atoms with Crippen molar-refractivity contribution in [3.63, 3.8) is 0 Å². The van der Waals surface area contributed by atoms with Crippen molar-refractivity contribution in [2.45, 2.75) is 24.4 Å². The van der Waals surface area contributed by atoms with Crippen LogP contribution in [0.25, 0.3) is 0 Å². The Labute approximate surface area is 297 Å². The summed E-state index contributed by atoms with van der Waals surface area (Å²) in [6.45, 7) is 0.501. The normalized spacial score (nSPS) is 17.0. The fourth-order valence-corrected chi connectivity index (χ4v) is 7.35. The van der Waals surface area contributed by atoms with Crippen LogP contribution < -0.4 is 43.5 Å². The van der Waals surface area contributed by atoms with Crippen LogP contribution in [0.3, 0.4) is 0 Å². The number of thiazole rings is 1. The molecule has 0 spiro atoms. The highest BCUT2D eigenvalue weighted by Crippen LogP contribution is 2.40. The van der Waals surface area contributed by atoms with Gasteiger partial charge in [-0.1, -0.05) is 40.2 Å². The number of anilines is 4. The highest BCUT2D eigenvalue weighted by atomic mass is 35.5. The lowest BCUT2D eigenvalue weighted by Gasteiger charge is -2.49. The quantitative estimate of drug-likeness (QED) is 0.0414. The molecule has 0 saturated carbocycles. The number of hydrogen-bond donors (Lipinski definition) is 8. The molecule has 262 valence electrons. The summed E-state index contributed by atoms with van der Waals surface area (Å²) in [6, 6.07) is 7.09. The van der Waals surface area contributed by atoms with E-state index >= 15 is 0 Å². The molecule has 0 bridgehead atoms. The van der Waals surface area contributed by atoms with Gasteiger partial charge in [0.25, 0.3) is 11.8 Å². The summed E-state index contributed by atoms with van der Waals surface area (Å²) in [5, 5.41) is 21.3. The lowest BCUT2D eigenvalue weighted by molar-refractivity contribution is -0.688. The average Bonchev–Trinajstić information content (AvgIpc) is 3.40. The van der Waals surface area contributed by atoms with Gasteiger partial charge in [0.1, 0.15) is 39.9 Å². The standard InChI is InChI=1S/C29H31ClN12O6S2/c1-48-40-19(18-22(30)50-28(34)39-18)23(43)38-20-24(44)42-21(26(45)46)14(12-49-25(20)42)10-41-9-7-16(31)17(11-41)37-29(47)36-15-4-2-13(3-5-15)6-8-35-27(32)33/h2-5,7,9,11,20,25,31H,6,8,10,12H2,1H3,(H10,32,33,34,35,36,37,38,39,43,45,46,47)/p+1/b40-19+/t20-,25-/m1/s1. The third-order valence-electron chi connectivity index (χ3n) is 7.34. The smallest absolute Gasteiger partial charge is 0.352 e. The largest absolute Gasteiger partial charge is 0.477 e. The average molecular weight is 744 g/mol. The Morgan fingerprint density at radius 1 is 1.18 bits per heavy atom. The summed E-state index contributed by atoms with van der Waals surface area (Å²) in [5.74, 6) is -2.51. The molecule has 21 heteroatoms. The summed E-state index contributed by atoms with van der Waals surface area (Å²) >= 11 is 8.35. The number of nitrogens with one attached hydrogen (secondary N) is 3. The maximum Gasteiger partial charge on any atom is 0.352 e. The maximum absolute atomic E-state index is 13.3. The molecular formula is C29H32ClN12O6S2+. The number of pyridine rings is 1. The highest BCUT2D eigenvalue weighted by Gasteiger charge is 2.55. The SMILES string of the molecule is CO/N=C(/C(=O)N[C@@H]1C(=O)N2C(C(=O)O)=C(C[n+]3ccc(N)c(NC(=O)Nc4ccc(CCN=C(N)N)cc4)c3)CS[C@H]12)c1nc(N)sc1Cl. The van der Waals surface area contributed by atoms with Gasteiger partial charge in [0.05, 0.1) is 5.69 Å². The number of nitrogens with two attached hydrogens (primary N) is 4. The fourth-order valence-electron chi connectivity index (χ4n) is 5.09. The molecule has 3 aromatic rings. The van der Waals surface area contributed by atoms with E-state index in [1.165, 1.54) is 18.9 Å². The maximum atomic E-state index is 13.3. The van der Waals surface area contributed by atoms with E-state index < -0.39 is 35.2 Å². The Kier molecular flexibility index (Phi) is 10.9. The minimum Gasteiger partial charge on any atom is -0.477 e. The number of β-lactam (4-membered cyclic amide) rings is 1. The Morgan fingerprint density at radius 3 is 2.56 bits per heavy atom. The van der Waals surface area contributed by atoms with Crippen LogP contribution in [0.4, 0.5) is 27.0 Å². The first-order valence-corrected chi connectivity index (χ1v) is 16.9. The van der Waals surface area contributed by atoms with E-state index in [1.54, 1.807) is 35.2 Å². The summed E-state index contributed by atoms with van der Waals surface area (Å²) in [5.41, 5.74) is 24.5. The van der Waals surface area contributed by atoms with Crippen LogP contribution in [0.5, 0.6) is 0 Å². The van der Waals surface area contributed by atoms with Crippen molar-refractivity contribution >= 4 is 92.4 Å². The van der Waals surface area contributed by atoms with Gasteiger partial charge in [0.15, 0.2) is 35.7 Å². The summed E-state index contributed by atoms with van der Waals surface area (Å²) < 4.78 is 1.74. The van der Waals surface area contributed by atoms with E-state index in [2.05, 4.69) is 31.1 Å². The van der Waals surface area contributed by atoms with Gasteiger partial charge in [0.2, 0.25) is 0 Å². The van der Waals surface area contributed by atoms with E-state index in [0.717, 1.165) is 21.8 Å². The number of rotatable bonds is 12. The van der Waals surface area contributed by atoms with Crippen LogP contribution in [-0.2, 0) is 32.2 Å². The molecule has 1 aromatic carbocycles. The predicted molar refractivity (Wildman–Crippen MR) is 189 cm³/mol. The van der Waals surface area contributed by atoms with Crippen molar-refractivity contribution in [1.29, 1.82) is 0 Å². The van der Waals surface area contributed by atoms with Crippen molar-refractivity contribution in [3.05, 3.63) is 69.6 Å². The summed E-state index contributed by atoms with van der Waals surface area (Å²) in [4.78, 5) is 65.5. The van der Waals surface area contributed by atoms with Crippen LogP contribution in [0.15, 0.2) is 64.1 Å². The van der Waals surface area contributed by atoms with Crippen molar-refractivity contribution in [2.24, 2.45) is 21.6 Å². The molecule has 2 aliphatic heterocycles. The van der Waals surface area contributed by atoms with Gasteiger partial charge < -0.3 is 48.8 Å². The van der Waals surface area contributed by atoms with E-state index in [0.29, 0.717) is 24.2 Å². The van der Waals surface area contributed by atoms with Gasteiger partial charge in [-0.05, 0) is 24.1 Å². The number of nitrogen functional groups attached to an aromatic ring is 2. The number of halogens is 1. The highest BCUT2D eigenvalue weighted by molar-refractivity contribution is 8.00. The van der Waals surface area contributed by atoms with Gasteiger partial charge in [-0.15, -0.1) is 11.8 Å². The number of benzene rings is 1. The Balaban J connectivity index is 1.25. The monoisotopic (exact) mass is 743 g/mol. The van der Waals surface area contributed by atoms with Crippen LogP contribution in [0.1, 0.15) is 11.3 Å². The number of guanidine groups is 1. The number of hydrogen-bond acceptors (Lipinski definition) is 12. The van der Waals surface area contributed by atoms with Crippen molar-refractivity contribution in [2.75, 3.05) is 41.5 Å². The number of aromatic nitrogens is 2. The molecule has 0 aliphatic carbocycles. The minimum absolute atomic E-state index is 0.0142. The summed E-state index contributed by atoms with van der Waals surface area (Å²) in [7, 11) is 1.23. The van der Waals surface area contributed by atoms with E-state index in [9.17, 15) is 24.3 Å². The van der Waals surface area contributed by atoms with Gasteiger partial charge in [-0.2, -0.15) is 4.57 Å². The van der Waals surface area contributed by atoms with Gasteiger partial charge in [-0.25, -0.2) is 14.6 Å². The number of fused-ring (bicyclic) bond motifs is 1. The van der Waals surface area contributed by atoms with E-state index in [1.807, 2.05) is 12.1 Å².